The number of fused-ring (bicyclic) bond motifs is 2. The molecule has 3 rings (SSSR count). The Labute approximate surface area is 127 Å². The number of benzene rings is 1. The van der Waals surface area contributed by atoms with Crippen LogP contribution in [-0.4, -0.2) is 25.4 Å². The first-order valence-electron chi connectivity index (χ1n) is 7.98. The normalized spacial score (nSPS) is 34.6. The molecule has 0 N–H and O–H groups in total. The molecule has 2 fully saturated rings. The Kier molecular flexibility index (Phi) is 4.07. The van der Waals surface area contributed by atoms with Gasteiger partial charge in [-0.05, 0) is 30.2 Å². The van der Waals surface area contributed by atoms with Gasteiger partial charge in [0.15, 0.2) is 0 Å². The molecule has 0 aromatic heterocycles. The number of esters is 1. The third kappa shape index (κ3) is 2.87. The van der Waals surface area contributed by atoms with E-state index < -0.39 is 0 Å². The highest BCUT2D eigenvalue weighted by molar-refractivity contribution is 6.11. The highest BCUT2D eigenvalue weighted by atomic mass is 16.5. The monoisotopic (exact) mass is 286 g/mol. The fourth-order valence-electron chi connectivity index (χ4n) is 4.09. The fourth-order valence-corrected chi connectivity index (χ4v) is 4.09. The van der Waals surface area contributed by atoms with E-state index in [1.165, 1.54) is 6.42 Å². The summed E-state index contributed by atoms with van der Waals surface area (Å²) in [5.41, 5.74) is 0.745. The van der Waals surface area contributed by atoms with Gasteiger partial charge in [-0.15, -0.1) is 0 Å². The van der Waals surface area contributed by atoms with Crippen molar-refractivity contribution in [2.75, 3.05) is 0 Å². The topological polar surface area (TPSA) is 35.5 Å². The molecule has 4 heteroatoms. The number of ether oxygens (including phenoxy) is 2. The lowest BCUT2D eigenvalue weighted by Crippen LogP contribution is -2.40. The molecule has 21 heavy (non-hydrogen) atoms. The van der Waals surface area contributed by atoms with Gasteiger partial charge in [0.1, 0.15) is 14.5 Å². The molecule has 1 aromatic rings. The minimum absolute atomic E-state index is 0.138. The molecular formula is C17H23BO3. The maximum Gasteiger partial charge on any atom is 0.309 e. The second-order valence-corrected chi connectivity index (χ2v) is 6.56. The molecule has 1 saturated carbocycles. The van der Waals surface area contributed by atoms with Crippen LogP contribution in [0.5, 0.6) is 0 Å². The van der Waals surface area contributed by atoms with Crippen LogP contribution in [0.4, 0.5) is 0 Å². The third-order valence-corrected chi connectivity index (χ3v) is 5.32. The number of carbonyl (C=O) groups is 1. The Balaban J connectivity index is 1.59. The molecule has 1 aromatic carbocycles. The first kappa shape index (κ1) is 14.6. The average molecular weight is 286 g/mol. The van der Waals surface area contributed by atoms with Crippen molar-refractivity contribution in [2.45, 2.75) is 50.8 Å². The van der Waals surface area contributed by atoms with Crippen LogP contribution in [0.2, 0.25) is 0 Å². The molecular weight excluding hydrogens is 263 g/mol. The van der Waals surface area contributed by atoms with Crippen molar-refractivity contribution in [3.05, 3.63) is 35.9 Å². The summed E-state index contributed by atoms with van der Waals surface area (Å²) in [6, 6.07) is 10.1. The van der Waals surface area contributed by atoms with E-state index in [2.05, 4.69) is 14.8 Å². The number of hydrogen-bond donors (Lipinski definition) is 0. The van der Waals surface area contributed by atoms with Gasteiger partial charge in [-0.25, -0.2) is 0 Å². The van der Waals surface area contributed by atoms with Gasteiger partial charge >= 0.3 is 5.97 Å². The molecule has 1 saturated heterocycles. The minimum atomic E-state index is -0.282. The van der Waals surface area contributed by atoms with E-state index >= 15 is 0 Å². The lowest BCUT2D eigenvalue weighted by Gasteiger charge is -2.36. The maximum absolute atomic E-state index is 12.2. The number of hydrogen-bond acceptors (Lipinski definition) is 3. The molecule has 0 spiro atoms. The molecule has 1 aliphatic heterocycles. The van der Waals surface area contributed by atoms with Crippen molar-refractivity contribution in [2.24, 2.45) is 11.8 Å². The summed E-state index contributed by atoms with van der Waals surface area (Å²) in [6.07, 6.45) is 3.76. The van der Waals surface area contributed by atoms with Gasteiger partial charge in [0.2, 0.25) is 0 Å². The zero-order valence-electron chi connectivity index (χ0n) is 12.9. The molecule has 1 unspecified atom stereocenters. The Morgan fingerprint density at radius 3 is 2.95 bits per heavy atom. The van der Waals surface area contributed by atoms with Gasteiger partial charge < -0.3 is 9.47 Å². The second kappa shape index (κ2) is 5.84. The lowest BCUT2D eigenvalue weighted by molar-refractivity contribution is -0.154. The second-order valence-electron chi connectivity index (χ2n) is 6.56. The van der Waals surface area contributed by atoms with E-state index in [1.807, 2.05) is 30.3 Å². The van der Waals surface area contributed by atoms with Gasteiger partial charge in [0, 0.05) is 6.00 Å². The fraction of sp³-hybridized carbons (Fsp3) is 0.588. The quantitative estimate of drug-likeness (QED) is 0.629. The summed E-state index contributed by atoms with van der Waals surface area (Å²) < 4.78 is 11.6. The van der Waals surface area contributed by atoms with Crippen LogP contribution in [0.3, 0.4) is 0 Å². The van der Waals surface area contributed by atoms with Crippen LogP contribution < -0.4 is 0 Å². The summed E-state index contributed by atoms with van der Waals surface area (Å²) in [7, 11) is 2.14. The molecule has 112 valence electrons. The Morgan fingerprint density at radius 2 is 2.19 bits per heavy atom. The van der Waals surface area contributed by atoms with Crippen molar-refractivity contribution >= 4 is 13.8 Å². The zero-order valence-corrected chi connectivity index (χ0v) is 12.9. The first-order valence-corrected chi connectivity index (χ1v) is 7.98. The predicted molar refractivity (Wildman–Crippen MR) is 83.5 cm³/mol. The molecule has 3 nitrogen and oxygen atoms in total. The highest BCUT2D eigenvalue weighted by Crippen LogP contribution is 2.50. The van der Waals surface area contributed by atoms with Crippen molar-refractivity contribution < 1.29 is 14.3 Å². The van der Waals surface area contributed by atoms with Crippen LogP contribution in [0, 0.1) is 11.8 Å². The maximum atomic E-state index is 12.2. The summed E-state index contributed by atoms with van der Waals surface area (Å²) in [4.78, 5) is 12.2. The Hall–Kier alpha value is -1.29. The van der Waals surface area contributed by atoms with Crippen LogP contribution in [0.25, 0.3) is 0 Å². The van der Waals surface area contributed by atoms with Gasteiger partial charge in [-0.1, -0.05) is 43.7 Å². The van der Waals surface area contributed by atoms with Gasteiger partial charge in [0.25, 0.3) is 0 Å². The van der Waals surface area contributed by atoms with E-state index in [1.54, 1.807) is 0 Å². The van der Waals surface area contributed by atoms with Gasteiger partial charge in [-0.3, -0.25) is 4.79 Å². The van der Waals surface area contributed by atoms with Crippen LogP contribution >= 0.6 is 0 Å². The molecule has 1 heterocycles. The van der Waals surface area contributed by atoms with Crippen molar-refractivity contribution in [3.8, 4) is 0 Å². The lowest BCUT2D eigenvalue weighted by atomic mass is 9.67. The molecule has 1 aliphatic carbocycles. The van der Waals surface area contributed by atoms with Gasteiger partial charge in [-0.2, -0.15) is 0 Å². The SMILES string of the molecule is B[C@@H]1O[C@@]2(CC(=O)OCc3ccccc3)CCC[C@H]1C2C. The predicted octanol–water partition coefficient (Wildman–Crippen LogP) is 2.28. The summed E-state index contributed by atoms with van der Waals surface area (Å²) in [5, 5.41) is 0. The summed E-state index contributed by atoms with van der Waals surface area (Å²) in [5.74, 6) is 0.909. The average Bonchev–Trinajstić information content (AvgIpc) is 2.62. The standard InChI is InChI=1S/C17H23BO3/c1-12-14-8-5-9-17(12,21-16(14)18)10-15(19)20-11-13-6-3-2-4-7-13/h2-4,6-7,12,14,16H,5,8-11,18H2,1H3/t12?,14-,16+,17+/m0/s1. The van der Waals surface area contributed by atoms with E-state index in [-0.39, 0.29) is 17.6 Å². The van der Waals surface area contributed by atoms with E-state index in [4.69, 9.17) is 9.47 Å². The first-order chi connectivity index (χ1) is 10.1. The zero-order chi connectivity index (χ0) is 14.9. The van der Waals surface area contributed by atoms with Crippen LogP contribution in [0.15, 0.2) is 30.3 Å². The molecule has 0 amide bonds. The summed E-state index contributed by atoms with van der Waals surface area (Å²) >= 11 is 0. The Morgan fingerprint density at radius 1 is 1.43 bits per heavy atom. The van der Waals surface area contributed by atoms with Crippen molar-refractivity contribution in [1.82, 2.24) is 0 Å². The number of carbonyl (C=O) groups excluding carboxylic acids is 1. The largest absolute Gasteiger partial charge is 0.461 e. The number of rotatable bonds is 4. The summed E-state index contributed by atoms with van der Waals surface area (Å²) in [6.45, 7) is 2.58. The molecule has 2 aliphatic rings. The minimum Gasteiger partial charge on any atom is -0.461 e. The van der Waals surface area contributed by atoms with Crippen molar-refractivity contribution in [3.63, 3.8) is 0 Å². The Bertz CT molecular complexity index is 504. The molecule has 0 radical (unpaired) electrons. The van der Waals surface area contributed by atoms with Gasteiger partial charge in [0.05, 0.1) is 12.0 Å². The molecule has 4 atom stereocenters. The smallest absolute Gasteiger partial charge is 0.309 e. The third-order valence-electron chi connectivity index (χ3n) is 5.32. The van der Waals surface area contributed by atoms with Crippen LogP contribution in [0.1, 0.15) is 38.2 Å². The highest BCUT2D eigenvalue weighted by Gasteiger charge is 2.53. The molecule has 2 bridgehead atoms. The van der Waals surface area contributed by atoms with Crippen molar-refractivity contribution in [1.29, 1.82) is 0 Å². The van der Waals surface area contributed by atoms with Crippen LogP contribution in [-0.2, 0) is 20.9 Å². The van der Waals surface area contributed by atoms with E-state index in [9.17, 15) is 4.79 Å². The van der Waals surface area contributed by atoms with E-state index in [0.29, 0.717) is 24.9 Å². The van der Waals surface area contributed by atoms with E-state index in [0.717, 1.165) is 18.4 Å².